The number of rotatable bonds is 6. The Morgan fingerprint density at radius 3 is 2.38 bits per heavy atom. The minimum atomic E-state index is -1.01. The van der Waals surface area contributed by atoms with Gasteiger partial charge in [0.1, 0.15) is 16.9 Å². The van der Waals surface area contributed by atoms with Crippen molar-refractivity contribution in [1.82, 2.24) is 0 Å². The van der Waals surface area contributed by atoms with E-state index in [1.165, 1.54) is 14.0 Å². The minimum Gasteiger partial charge on any atom is -0.495 e. The van der Waals surface area contributed by atoms with Crippen LogP contribution in [-0.4, -0.2) is 39.2 Å². The molecule has 7 heteroatoms. The fraction of sp³-hybridized carbons (Fsp3) is 0.200. The maximum Gasteiger partial charge on any atom is 0.338 e. The highest BCUT2D eigenvalue weighted by atomic mass is 16.5. The first kappa shape index (κ1) is 21.2. The number of hydrogen-bond acceptors (Lipinski definition) is 6. The van der Waals surface area contributed by atoms with Crippen LogP contribution in [0.2, 0.25) is 0 Å². The van der Waals surface area contributed by atoms with Crippen LogP contribution in [0.1, 0.15) is 17.3 Å². The van der Waals surface area contributed by atoms with Gasteiger partial charge in [-0.05, 0) is 43.3 Å². The number of benzene rings is 3. The Morgan fingerprint density at radius 1 is 0.969 bits per heavy atom. The summed E-state index contributed by atoms with van der Waals surface area (Å²) in [6.45, 7) is 1.52. The maximum absolute atomic E-state index is 12.7. The smallest absolute Gasteiger partial charge is 0.338 e. The molecule has 1 heterocycles. The van der Waals surface area contributed by atoms with Crippen LogP contribution in [0.3, 0.4) is 0 Å². The third kappa shape index (κ3) is 4.09. The molecule has 0 fully saturated rings. The van der Waals surface area contributed by atoms with Crippen molar-refractivity contribution in [2.45, 2.75) is 13.0 Å². The number of furan rings is 1. The summed E-state index contributed by atoms with van der Waals surface area (Å²) in [5.74, 6) is -0.565. The van der Waals surface area contributed by atoms with Crippen LogP contribution >= 0.6 is 0 Å². The van der Waals surface area contributed by atoms with Gasteiger partial charge >= 0.3 is 5.97 Å². The lowest BCUT2D eigenvalue weighted by Crippen LogP contribution is -2.30. The fourth-order valence-corrected chi connectivity index (χ4v) is 3.43. The zero-order chi connectivity index (χ0) is 22.8. The van der Waals surface area contributed by atoms with E-state index in [0.717, 1.165) is 22.0 Å². The van der Waals surface area contributed by atoms with E-state index in [1.807, 2.05) is 61.5 Å². The van der Waals surface area contributed by atoms with Crippen molar-refractivity contribution in [2.75, 3.05) is 31.4 Å². The SMILES string of the molecule is COc1cc2c(cc1NC(=O)[C@@H](C)OC(=O)c1ccc(N(C)C)cc1)oc1ccccc12. The molecule has 3 aromatic carbocycles. The van der Waals surface area contributed by atoms with Gasteiger partial charge in [0.25, 0.3) is 5.91 Å². The average molecular weight is 432 g/mol. The number of carbonyl (C=O) groups is 2. The molecule has 0 saturated heterocycles. The molecule has 0 unspecified atom stereocenters. The lowest BCUT2D eigenvalue weighted by atomic mass is 10.1. The second-order valence-corrected chi connectivity index (χ2v) is 7.62. The average Bonchev–Trinajstić information content (AvgIpc) is 3.15. The fourth-order valence-electron chi connectivity index (χ4n) is 3.43. The van der Waals surface area contributed by atoms with Crippen LogP contribution < -0.4 is 15.0 Å². The lowest BCUT2D eigenvalue weighted by molar-refractivity contribution is -0.123. The number of ether oxygens (including phenoxy) is 2. The quantitative estimate of drug-likeness (QED) is 0.439. The third-order valence-corrected chi connectivity index (χ3v) is 5.23. The van der Waals surface area contributed by atoms with Crippen molar-refractivity contribution in [3.8, 4) is 5.75 Å². The number of fused-ring (bicyclic) bond motifs is 3. The number of para-hydroxylation sites is 1. The summed E-state index contributed by atoms with van der Waals surface area (Å²) in [5, 5.41) is 4.62. The van der Waals surface area contributed by atoms with Crippen molar-refractivity contribution in [3.05, 3.63) is 66.2 Å². The Bertz CT molecular complexity index is 1290. The molecule has 32 heavy (non-hydrogen) atoms. The molecule has 0 aliphatic rings. The Labute approximate surface area is 185 Å². The molecule has 1 aromatic heterocycles. The predicted molar refractivity (Wildman–Crippen MR) is 125 cm³/mol. The Hall–Kier alpha value is -4.00. The molecule has 1 amide bonds. The zero-order valence-corrected chi connectivity index (χ0v) is 18.3. The van der Waals surface area contributed by atoms with Gasteiger partial charge in [-0.2, -0.15) is 0 Å². The molecule has 0 spiro atoms. The standard InChI is InChI=1S/C25H24N2O5/c1-15(31-25(29)16-9-11-17(12-10-16)27(2)3)24(28)26-20-14-22-19(13-23(20)30-4)18-7-5-6-8-21(18)32-22/h5-15H,1-4H3,(H,26,28)/t15-/m1/s1. The van der Waals surface area contributed by atoms with Crippen molar-refractivity contribution >= 4 is 45.2 Å². The van der Waals surface area contributed by atoms with E-state index in [9.17, 15) is 9.59 Å². The summed E-state index contributed by atoms with van der Waals surface area (Å²) in [7, 11) is 5.35. The second-order valence-electron chi connectivity index (χ2n) is 7.62. The highest BCUT2D eigenvalue weighted by Crippen LogP contribution is 2.36. The molecule has 164 valence electrons. The van der Waals surface area contributed by atoms with Crippen molar-refractivity contribution < 1.29 is 23.5 Å². The van der Waals surface area contributed by atoms with Crippen LogP contribution in [0.25, 0.3) is 21.9 Å². The van der Waals surface area contributed by atoms with Gasteiger partial charge in [-0.25, -0.2) is 4.79 Å². The van der Waals surface area contributed by atoms with E-state index in [2.05, 4.69) is 5.32 Å². The number of esters is 1. The lowest BCUT2D eigenvalue weighted by Gasteiger charge is -2.16. The number of methoxy groups -OCH3 is 1. The predicted octanol–water partition coefficient (Wildman–Crippen LogP) is 4.84. The summed E-state index contributed by atoms with van der Waals surface area (Å²) >= 11 is 0. The van der Waals surface area contributed by atoms with Crippen LogP contribution in [-0.2, 0) is 9.53 Å². The van der Waals surface area contributed by atoms with E-state index < -0.39 is 18.0 Å². The van der Waals surface area contributed by atoms with Gasteiger partial charge in [0, 0.05) is 36.6 Å². The maximum atomic E-state index is 12.7. The van der Waals surface area contributed by atoms with E-state index in [-0.39, 0.29) is 0 Å². The molecule has 0 aliphatic carbocycles. The summed E-state index contributed by atoms with van der Waals surface area (Å²) in [4.78, 5) is 27.1. The van der Waals surface area contributed by atoms with Crippen molar-refractivity contribution in [3.63, 3.8) is 0 Å². The number of carbonyl (C=O) groups excluding carboxylic acids is 2. The molecular weight excluding hydrogens is 408 g/mol. The number of nitrogens with one attached hydrogen (secondary N) is 1. The third-order valence-electron chi connectivity index (χ3n) is 5.23. The molecule has 1 N–H and O–H groups in total. The zero-order valence-electron chi connectivity index (χ0n) is 18.3. The van der Waals surface area contributed by atoms with Gasteiger partial charge in [-0.15, -0.1) is 0 Å². The summed E-state index contributed by atoms with van der Waals surface area (Å²) in [5.41, 5.74) is 3.13. The number of amides is 1. The topological polar surface area (TPSA) is 81.0 Å². The molecule has 0 saturated carbocycles. The molecule has 4 rings (SSSR count). The second kappa shape index (κ2) is 8.63. The largest absolute Gasteiger partial charge is 0.495 e. The summed E-state index contributed by atoms with van der Waals surface area (Å²) < 4.78 is 16.7. The first-order valence-electron chi connectivity index (χ1n) is 10.2. The van der Waals surface area contributed by atoms with Crippen LogP contribution in [0.5, 0.6) is 5.75 Å². The molecule has 1 atom stereocenters. The molecule has 4 aromatic rings. The Balaban J connectivity index is 1.51. The summed E-state index contributed by atoms with van der Waals surface area (Å²) in [6.07, 6.45) is -1.01. The minimum absolute atomic E-state index is 0.372. The highest BCUT2D eigenvalue weighted by molar-refractivity contribution is 6.08. The van der Waals surface area contributed by atoms with Crippen LogP contribution in [0, 0.1) is 0 Å². The van der Waals surface area contributed by atoms with Gasteiger partial charge in [-0.1, -0.05) is 18.2 Å². The number of nitrogens with zero attached hydrogens (tertiary/aromatic N) is 1. The van der Waals surface area contributed by atoms with E-state index in [4.69, 9.17) is 13.9 Å². The van der Waals surface area contributed by atoms with Crippen molar-refractivity contribution in [1.29, 1.82) is 0 Å². The van der Waals surface area contributed by atoms with Crippen LogP contribution in [0.15, 0.2) is 65.1 Å². The number of anilines is 2. The first-order chi connectivity index (χ1) is 15.4. The number of hydrogen-bond donors (Lipinski definition) is 1. The Morgan fingerprint density at radius 2 is 1.69 bits per heavy atom. The summed E-state index contributed by atoms with van der Waals surface area (Å²) in [6, 6.07) is 18.2. The van der Waals surface area contributed by atoms with Gasteiger partial charge in [0.15, 0.2) is 6.10 Å². The normalized spacial score (nSPS) is 11.9. The monoisotopic (exact) mass is 432 g/mol. The highest BCUT2D eigenvalue weighted by Gasteiger charge is 2.21. The van der Waals surface area contributed by atoms with Crippen LogP contribution in [0.4, 0.5) is 11.4 Å². The molecule has 0 bridgehead atoms. The van der Waals surface area contributed by atoms with Gasteiger partial charge in [0.2, 0.25) is 0 Å². The Kier molecular flexibility index (Phi) is 5.73. The molecular formula is C25H24N2O5. The van der Waals surface area contributed by atoms with E-state index >= 15 is 0 Å². The van der Waals surface area contributed by atoms with Gasteiger partial charge in [0.05, 0.1) is 18.4 Å². The first-order valence-corrected chi connectivity index (χ1v) is 10.2. The van der Waals surface area contributed by atoms with E-state index in [0.29, 0.717) is 22.6 Å². The molecule has 0 aliphatic heterocycles. The molecule has 0 radical (unpaired) electrons. The molecule has 7 nitrogen and oxygen atoms in total. The van der Waals surface area contributed by atoms with E-state index in [1.54, 1.807) is 18.2 Å². The van der Waals surface area contributed by atoms with Crippen molar-refractivity contribution in [2.24, 2.45) is 0 Å². The van der Waals surface area contributed by atoms with Gasteiger partial charge < -0.3 is 24.1 Å². The van der Waals surface area contributed by atoms with Gasteiger partial charge in [-0.3, -0.25) is 4.79 Å².